The third-order valence-corrected chi connectivity index (χ3v) is 4.62. The Kier molecular flexibility index (Phi) is 3.87. The van der Waals surface area contributed by atoms with Gasteiger partial charge in [0, 0.05) is 12.6 Å². The molecule has 1 aliphatic rings. The van der Waals surface area contributed by atoms with Gasteiger partial charge in [-0.3, -0.25) is 0 Å². The molecule has 2 heterocycles. The van der Waals surface area contributed by atoms with Gasteiger partial charge in [-0.1, -0.05) is 42.5 Å². The number of hydrogen-bond donors (Lipinski definition) is 1. The first-order chi connectivity index (χ1) is 13.1. The molecule has 1 unspecified atom stereocenters. The average molecular weight is 353 g/mol. The topological polar surface area (TPSA) is 101 Å². The van der Waals surface area contributed by atoms with Crippen molar-refractivity contribution in [2.75, 3.05) is 0 Å². The number of nitrogens with two attached hydrogens (primary N) is 1. The van der Waals surface area contributed by atoms with Crippen molar-refractivity contribution in [3.8, 4) is 29.3 Å². The van der Waals surface area contributed by atoms with Crippen LogP contribution in [0.15, 0.2) is 66.1 Å². The van der Waals surface area contributed by atoms with Crippen molar-refractivity contribution >= 4 is 0 Å². The quantitative estimate of drug-likeness (QED) is 0.762. The monoisotopic (exact) mass is 353 g/mol. The minimum absolute atomic E-state index is 0.0713. The first-order valence-electron chi connectivity index (χ1n) is 8.34. The van der Waals surface area contributed by atoms with Gasteiger partial charge in [0.05, 0.1) is 23.1 Å². The fraction of sp³-hybridized carbons (Fsp3) is 0.0952. The summed E-state index contributed by atoms with van der Waals surface area (Å²) in [6.07, 6.45) is 0. The van der Waals surface area contributed by atoms with Crippen LogP contribution in [0.1, 0.15) is 22.6 Å². The van der Waals surface area contributed by atoms with Crippen molar-refractivity contribution in [2.45, 2.75) is 5.92 Å². The van der Waals surface area contributed by atoms with Gasteiger partial charge in [-0.25, -0.2) is 4.68 Å². The molecule has 0 radical (unpaired) electrons. The largest absolute Gasteiger partial charge is 0.422 e. The summed E-state index contributed by atoms with van der Waals surface area (Å²) in [5, 5.41) is 23.4. The maximum atomic E-state index is 9.74. The zero-order valence-electron chi connectivity index (χ0n) is 14.5. The van der Waals surface area contributed by atoms with Crippen LogP contribution in [0.25, 0.3) is 11.3 Å². The summed E-state index contributed by atoms with van der Waals surface area (Å²) in [4.78, 5) is 0. The van der Waals surface area contributed by atoms with Crippen LogP contribution in [0, 0.1) is 22.7 Å². The lowest BCUT2D eigenvalue weighted by molar-refractivity contribution is 0.358. The van der Waals surface area contributed by atoms with E-state index in [0.717, 1.165) is 22.4 Å². The third-order valence-electron chi connectivity index (χ3n) is 4.62. The lowest BCUT2D eigenvalue weighted by Crippen LogP contribution is -2.21. The number of ether oxygens (including phenoxy) is 1. The van der Waals surface area contributed by atoms with E-state index in [1.165, 1.54) is 0 Å². The van der Waals surface area contributed by atoms with Gasteiger partial charge in [-0.15, -0.1) is 0 Å². The third kappa shape index (κ3) is 2.61. The summed E-state index contributed by atoms with van der Waals surface area (Å²) in [7, 11) is 1.78. The van der Waals surface area contributed by atoms with Crippen LogP contribution in [0.3, 0.4) is 0 Å². The zero-order chi connectivity index (χ0) is 19.0. The Hall–Kier alpha value is -4.03. The molecule has 0 saturated heterocycles. The van der Waals surface area contributed by atoms with Gasteiger partial charge in [0.25, 0.3) is 0 Å². The first-order valence-corrected chi connectivity index (χ1v) is 8.34. The molecule has 130 valence electrons. The number of nitrogens with zero attached hydrogens (tertiary/aromatic N) is 4. The Morgan fingerprint density at radius 2 is 1.74 bits per heavy atom. The van der Waals surface area contributed by atoms with E-state index < -0.39 is 5.92 Å². The highest BCUT2D eigenvalue weighted by atomic mass is 16.5. The maximum Gasteiger partial charge on any atom is 0.224 e. The van der Waals surface area contributed by atoms with Crippen LogP contribution in [0.2, 0.25) is 0 Å². The molecular weight excluding hydrogens is 338 g/mol. The summed E-state index contributed by atoms with van der Waals surface area (Å²) in [5.74, 6) is 0.164. The van der Waals surface area contributed by atoms with Crippen LogP contribution in [0.5, 0.6) is 5.88 Å². The molecule has 1 atom stereocenters. The molecule has 0 saturated carbocycles. The molecule has 0 fully saturated rings. The van der Waals surface area contributed by atoms with Crippen LogP contribution < -0.4 is 10.5 Å². The highest BCUT2D eigenvalue weighted by Crippen LogP contribution is 2.46. The van der Waals surface area contributed by atoms with E-state index in [2.05, 4.69) is 17.2 Å². The number of rotatable bonds is 2. The SMILES string of the molecule is Cn1nc(-c2ccccc2)c2c1OC(N)=C(C#N)C2c1ccc(C#N)cc1. The Bertz CT molecular complexity index is 1130. The molecule has 2 N–H and O–H groups in total. The Labute approximate surface area is 156 Å². The van der Waals surface area contributed by atoms with Gasteiger partial charge in [0.1, 0.15) is 17.3 Å². The second-order valence-electron chi connectivity index (χ2n) is 6.22. The zero-order valence-corrected chi connectivity index (χ0v) is 14.5. The number of benzene rings is 2. The van der Waals surface area contributed by atoms with Crippen molar-refractivity contribution < 1.29 is 4.74 Å². The molecule has 1 aromatic heterocycles. The molecule has 4 rings (SSSR count). The van der Waals surface area contributed by atoms with E-state index in [-0.39, 0.29) is 5.88 Å². The molecule has 6 nitrogen and oxygen atoms in total. The minimum Gasteiger partial charge on any atom is -0.422 e. The highest BCUT2D eigenvalue weighted by Gasteiger charge is 2.36. The number of aromatic nitrogens is 2. The van der Waals surface area contributed by atoms with Crippen molar-refractivity contribution in [1.29, 1.82) is 10.5 Å². The number of aryl methyl sites for hydroxylation is 1. The van der Waals surface area contributed by atoms with Crippen molar-refractivity contribution in [1.82, 2.24) is 9.78 Å². The van der Waals surface area contributed by atoms with Crippen LogP contribution in [-0.4, -0.2) is 9.78 Å². The molecule has 1 aliphatic heterocycles. The summed E-state index contributed by atoms with van der Waals surface area (Å²) >= 11 is 0. The lowest BCUT2D eigenvalue weighted by atomic mass is 9.83. The molecule has 0 aliphatic carbocycles. The second kappa shape index (κ2) is 6.36. The van der Waals surface area contributed by atoms with Gasteiger partial charge < -0.3 is 10.5 Å². The van der Waals surface area contributed by atoms with E-state index in [9.17, 15) is 5.26 Å². The number of nitriles is 2. The number of allylic oxidation sites excluding steroid dienone is 1. The van der Waals surface area contributed by atoms with E-state index in [1.807, 2.05) is 42.5 Å². The van der Waals surface area contributed by atoms with E-state index in [1.54, 1.807) is 23.9 Å². The summed E-state index contributed by atoms with van der Waals surface area (Å²) in [6, 6.07) is 21.2. The number of fused-ring (bicyclic) bond motifs is 1. The smallest absolute Gasteiger partial charge is 0.224 e. The first kappa shape index (κ1) is 16.4. The molecule has 3 aromatic rings. The van der Waals surface area contributed by atoms with E-state index in [4.69, 9.17) is 15.7 Å². The van der Waals surface area contributed by atoms with Gasteiger partial charge in [0.2, 0.25) is 11.8 Å². The lowest BCUT2D eigenvalue weighted by Gasteiger charge is -2.24. The Morgan fingerprint density at radius 3 is 2.37 bits per heavy atom. The molecule has 2 aromatic carbocycles. The molecule has 6 heteroatoms. The van der Waals surface area contributed by atoms with Gasteiger partial charge in [-0.05, 0) is 17.7 Å². The molecule has 0 spiro atoms. The fourth-order valence-corrected chi connectivity index (χ4v) is 3.36. The molecular formula is C21H15N5O. The predicted octanol–water partition coefficient (Wildman–Crippen LogP) is 3.18. The summed E-state index contributed by atoms with van der Waals surface area (Å²) in [6.45, 7) is 0. The van der Waals surface area contributed by atoms with E-state index in [0.29, 0.717) is 17.0 Å². The Balaban J connectivity index is 1.98. The van der Waals surface area contributed by atoms with Crippen molar-refractivity contribution in [3.63, 3.8) is 0 Å². The fourth-order valence-electron chi connectivity index (χ4n) is 3.36. The van der Waals surface area contributed by atoms with Gasteiger partial charge >= 0.3 is 0 Å². The van der Waals surface area contributed by atoms with Crippen molar-refractivity contribution in [3.05, 3.63) is 82.7 Å². The second-order valence-corrected chi connectivity index (χ2v) is 6.22. The molecule has 0 bridgehead atoms. The summed E-state index contributed by atoms with van der Waals surface area (Å²) in [5.41, 5.74) is 10.2. The maximum absolute atomic E-state index is 9.74. The normalized spacial score (nSPS) is 15.4. The van der Waals surface area contributed by atoms with Gasteiger partial charge in [-0.2, -0.15) is 15.6 Å². The standard InChI is InChI=1S/C21H15N5O/c1-26-21-18(19(25-26)15-5-3-2-4-6-15)17(16(12-23)20(24)27-21)14-9-7-13(11-22)8-10-14/h2-10,17H,24H2,1H3. The number of hydrogen-bond acceptors (Lipinski definition) is 5. The van der Waals surface area contributed by atoms with Crippen LogP contribution in [0.4, 0.5) is 0 Å². The van der Waals surface area contributed by atoms with Gasteiger partial charge in [0.15, 0.2) is 0 Å². The van der Waals surface area contributed by atoms with E-state index >= 15 is 0 Å². The molecule has 0 amide bonds. The minimum atomic E-state index is -0.421. The summed E-state index contributed by atoms with van der Waals surface area (Å²) < 4.78 is 7.38. The average Bonchev–Trinajstić information content (AvgIpc) is 3.04. The highest BCUT2D eigenvalue weighted by molar-refractivity contribution is 5.71. The van der Waals surface area contributed by atoms with Crippen molar-refractivity contribution in [2.24, 2.45) is 12.8 Å². The van der Waals surface area contributed by atoms with Crippen LogP contribution >= 0.6 is 0 Å². The Morgan fingerprint density at radius 1 is 1.04 bits per heavy atom. The van der Waals surface area contributed by atoms with Crippen LogP contribution in [-0.2, 0) is 7.05 Å². The predicted molar refractivity (Wildman–Crippen MR) is 99.1 cm³/mol. The molecule has 27 heavy (non-hydrogen) atoms.